The van der Waals surface area contributed by atoms with Crippen LogP contribution in [0.15, 0.2) is 53.1 Å². The van der Waals surface area contributed by atoms with Gasteiger partial charge in [-0.15, -0.1) is 0 Å². The lowest BCUT2D eigenvalue weighted by molar-refractivity contribution is -0.145. The summed E-state index contributed by atoms with van der Waals surface area (Å²) in [4.78, 5) is 28.1. The predicted molar refractivity (Wildman–Crippen MR) is 144 cm³/mol. The molecule has 196 valence electrons. The number of nitrogens with zero attached hydrogens (tertiary/aromatic N) is 4. The summed E-state index contributed by atoms with van der Waals surface area (Å²) in [6.07, 6.45) is 0. The Balaban J connectivity index is 1.50. The van der Waals surface area contributed by atoms with Crippen LogP contribution in [0.2, 0.25) is 0 Å². The molecule has 9 nitrogen and oxygen atoms in total. The van der Waals surface area contributed by atoms with Crippen molar-refractivity contribution in [3.8, 4) is 11.3 Å². The number of amides is 2. The van der Waals surface area contributed by atoms with E-state index in [0.29, 0.717) is 31.9 Å². The number of hydrogen-bond donors (Lipinski definition) is 2. The number of hydrogen-bond acceptors (Lipinski definition) is 7. The van der Waals surface area contributed by atoms with Crippen LogP contribution < -0.4 is 15.5 Å². The quantitative estimate of drug-likeness (QED) is 0.388. The molecule has 2 N–H and O–H groups in total. The maximum Gasteiger partial charge on any atom is 0.256 e. The topological polar surface area (TPSA) is 93.9 Å². The molecule has 2 heterocycles. The van der Waals surface area contributed by atoms with Crippen molar-refractivity contribution in [3.63, 3.8) is 0 Å². The number of nitrogens with one attached hydrogen (secondary N) is 2. The molecule has 0 radical (unpaired) electrons. The van der Waals surface area contributed by atoms with Gasteiger partial charge in [0.25, 0.3) is 5.91 Å². The van der Waals surface area contributed by atoms with Crippen molar-refractivity contribution in [1.29, 1.82) is 0 Å². The highest BCUT2D eigenvalue weighted by Crippen LogP contribution is 2.28. The SMILES string of the molecule is CCNCCNC(=O)CN(CC(=O)N(C)N1Cc2ccccc2C1)c1ccc(-c2cc(C)no2)cc1C. The van der Waals surface area contributed by atoms with Crippen molar-refractivity contribution in [3.05, 3.63) is 70.9 Å². The normalized spacial score (nSPS) is 12.9. The summed E-state index contributed by atoms with van der Waals surface area (Å²) in [6, 6.07) is 16.0. The Hall–Kier alpha value is -3.69. The summed E-state index contributed by atoms with van der Waals surface area (Å²) >= 11 is 0. The first-order chi connectivity index (χ1) is 17.9. The molecular formula is C28H36N6O3. The van der Waals surface area contributed by atoms with E-state index in [1.165, 1.54) is 11.1 Å². The molecule has 0 spiro atoms. The third-order valence-electron chi connectivity index (χ3n) is 6.59. The summed E-state index contributed by atoms with van der Waals surface area (Å²) in [5, 5.41) is 13.8. The number of aryl methyl sites for hydroxylation is 2. The van der Waals surface area contributed by atoms with E-state index in [-0.39, 0.29) is 24.9 Å². The Bertz CT molecular complexity index is 1220. The molecule has 1 aromatic heterocycles. The molecule has 1 aliphatic rings. The number of fused-ring (bicyclic) bond motifs is 1. The lowest BCUT2D eigenvalue weighted by Crippen LogP contribution is -2.48. The molecule has 2 aromatic carbocycles. The minimum absolute atomic E-state index is 0.0750. The first-order valence-corrected chi connectivity index (χ1v) is 12.7. The summed E-state index contributed by atoms with van der Waals surface area (Å²) in [5.74, 6) is 0.475. The molecule has 3 aromatic rings. The Morgan fingerprint density at radius 1 is 1.03 bits per heavy atom. The van der Waals surface area contributed by atoms with E-state index >= 15 is 0 Å². The number of aromatic nitrogens is 1. The molecule has 0 saturated heterocycles. The van der Waals surface area contributed by atoms with Crippen LogP contribution in [0.1, 0.15) is 29.3 Å². The fourth-order valence-corrected chi connectivity index (χ4v) is 4.54. The Kier molecular flexibility index (Phi) is 8.58. The third kappa shape index (κ3) is 6.55. The Morgan fingerprint density at radius 3 is 2.38 bits per heavy atom. The van der Waals surface area contributed by atoms with Crippen molar-refractivity contribution >= 4 is 17.5 Å². The van der Waals surface area contributed by atoms with E-state index in [1.807, 2.05) is 67.1 Å². The zero-order chi connectivity index (χ0) is 26.4. The molecule has 4 rings (SSSR count). The van der Waals surface area contributed by atoms with Crippen LogP contribution in [-0.4, -0.2) is 66.8 Å². The average Bonchev–Trinajstić information content (AvgIpc) is 3.52. The van der Waals surface area contributed by atoms with Gasteiger partial charge in [0.1, 0.15) is 0 Å². The number of anilines is 1. The largest absolute Gasteiger partial charge is 0.356 e. The maximum atomic E-state index is 13.4. The highest BCUT2D eigenvalue weighted by atomic mass is 16.5. The second-order valence-corrected chi connectivity index (χ2v) is 9.40. The summed E-state index contributed by atoms with van der Waals surface area (Å²) in [7, 11) is 1.80. The van der Waals surface area contributed by atoms with Crippen LogP contribution in [0.5, 0.6) is 0 Å². The fraction of sp³-hybridized carbons (Fsp3) is 0.393. The average molecular weight is 505 g/mol. The highest BCUT2D eigenvalue weighted by Gasteiger charge is 2.27. The van der Waals surface area contributed by atoms with E-state index in [0.717, 1.165) is 29.1 Å². The van der Waals surface area contributed by atoms with Gasteiger partial charge in [-0.3, -0.25) is 14.6 Å². The Labute approximate surface area is 218 Å². The van der Waals surface area contributed by atoms with Gasteiger partial charge in [0.15, 0.2) is 5.76 Å². The number of rotatable bonds is 11. The lowest BCUT2D eigenvalue weighted by Gasteiger charge is -2.32. The van der Waals surface area contributed by atoms with Crippen LogP contribution in [-0.2, 0) is 22.7 Å². The summed E-state index contributed by atoms with van der Waals surface area (Å²) in [6.45, 7) is 9.49. The number of carbonyl (C=O) groups excluding carboxylic acids is 2. The van der Waals surface area contributed by atoms with Gasteiger partial charge in [0.2, 0.25) is 5.91 Å². The van der Waals surface area contributed by atoms with Crippen LogP contribution in [0, 0.1) is 13.8 Å². The molecule has 0 saturated carbocycles. The van der Waals surface area contributed by atoms with Crippen LogP contribution in [0.3, 0.4) is 0 Å². The van der Waals surface area contributed by atoms with Crippen molar-refractivity contribution in [2.45, 2.75) is 33.9 Å². The van der Waals surface area contributed by atoms with E-state index in [1.54, 1.807) is 12.1 Å². The van der Waals surface area contributed by atoms with Crippen molar-refractivity contribution in [2.24, 2.45) is 0 Å². The molecule has 0 bridgehead atoms. The molecular weight excluding hydrogens is 468 g/mol. The van der Waals surface area contributed by atoms with Gasteiger partial charge >= 0.3 is 0 Å². The van der Waals surface area contributed by atoms with Gasteiger partial charge in [0.05, 0.1) is 18.8 Å². The van der Waals surface area contributed by atoms with Gasteiger partial charge in [-0.05, 0) is 55.3 Å². The summed E-state index contributed by atoms with van der Waals surface area (Å²) < 4.78 is 5.41. The van der Waals surface area contributed by atoms with E-state index in [9.17, 15) is 9.59 Å². The zero-order valence-electron chi connectivity index (χ0n) is 22.1. The summed E-state index contributed by atoms with van der Waals surface area (Å²) in [5.41, 5.74) is 5.94. The van der Waals surface area contributed by atoms with Gasteiger partial charge in [-0.2, -0.15) is 0 Å². The van der Waals surface area contributed by atoms with Gasteiger partial charge in [-0.25, -0.2) is 5.01 Å². The molecule has 37 heavy (non-hydrogen) atoms. The monoisotopic (exact) mass is 504 g/mol. The Morgan fingerprint density at radius 2 is 1.76 bits per heavy atom. The lowest BCUT2D eigenvalue weighted by atomic mass is 10.1. The maximum absolute atomic E-state index is 13.4. The van der Waals surface area contributed by atoms with Crippen molar-refractivity contribution in [2.75, 3.05) is 44.7 Å². The highest BCUT2D eigenvalue weighted by molar-refractivity contribution is 5.87. The molecule has 0 fully saturated rings. The molecule has 9 heteroatoms. The van der Waals surface area contributed by atoms with Crippen LogP contribution in [0.4, 0.5) is 5.69 Å². The van der Waals surface area contributed by atoms with Crippen LogP contribution in [0.25, 0.3) is 11.3 Å². The standard InChI is InChI=1S/C28H36N6O3/c1-5-29-12-13-30-27(35)18-33(25-11-10-22(14-20(25)2)26-15-21(3)31-37-26)19-28(36)32(4)34-16-23-8-6-7-9-24(23)17-34/h6-11,14-15,29H,5,12-13,16-19H2,1-4H3,(H,30,35). The fourth-order valence-electron chi connectivity index (χ4n) is 4.54. The van der Waals surface area contributed by atoms with E-state index in [2.05, 4.69) is 27.9 Å². The predicted octanol–water partition coefficient (Wildman–Crippen LogP) is 2.88. The van der Waals surface area contributed by atoms with Crippen molar-refractivity contribution < 1.29 is 14.1 Å². The number of benzene rings is 2. The first kappa shape index (κ1) is 26.4. The van der Waals surface area contributed by atoms with E-state index in [4.69, 9.17) is 4.52 Å². The molecule has 0 unspecified atom stereocenters. The number of carbonyl (C=O) groups is 2. The number of likely N-dealkylation sites (N-methyl/N-ethyl adjacent to an activating group) is 2. The van der Waals surface area contributed by atoms with Gasteiger partial charge in [-0.1, -0.05) is 36.3 Å². The molecule has 2 amide bonds. The van der Waals surface area contributed by atoms with Crippen molar-refractivity contribution in [1.82, 2.24) is 25.8 Å². The number of hydrazine groups is 1. The third-order valence-corrected chi connectivity index (χ3v) is 6.59. The van der Waals surface area contributed by atoms with E-state index < -0.39 is 0 Å². The minimum Gasteiger partial charge on any atom is -0.356 e. The second-order valence-electron chi connectivity index (χ2n) is 9.40. The smallest absolute Gasteiger partial charge is 0.256 e. The minimum atomic E-state index is -0.128. The second kappa shape index (κ2) is 12.0. The van der Waals surface area contributed by atoms with Crippen LogP contribution >= 0.6 is 0 Å². The molecule has 1 aliphatic heterocycles. The van der Waals surface area contributed by atoms with Gasteiger partial charge < -0.3 is 20.1 Å². The first-order valence-electron chi connectivity index (χ1n) is 12.7. The molecule has 0 atom stereocenters. The van der Waals surface area contributed by atoms with Gasteiger partial charge in [0, 0.05) is 50.5 Å². The molecule has 0 aliphatic carbocycles. The zero-order valence-corrected chi connectivity index (χ0v) is 22.1.